The van der Waals surface area contributed by atoms with E-state index < -0.39 is 10.9 Å². The summed E-state index contributed by atoms with van der Waals surface area (Å²) < 4.78 is 9.85. The Labute approximate surface area is 97.3 Å². The second kappa shape index (κ2) is 5.80. The van der Waals surface area contributed by atoms with Crippen LogP contribution in [0.4, 0.5) is 5.69 Å². The summed E-state index contributed by atoms with van der Waals surface area (Å²) in [7, 11) is 1.38. The summed E-state index contributed by atoms with van der Waals surface area (Å²) in [5, 5.41) is 10.6. The number of non-ortho nitro benzene ring substituents is 1. The Bertz CT molecular complexity index is 433. The number of carbonyl (C=O) groups is 1. The van der Waals surface area contributed by atoms with E-state index in [4.69, 9.17) is 15.2 Å². The lowest BCUT2D eigenvalue weighted by Gasteiger charge is -2.08. The Morgan fingerprint density at radius 2 is 2.18 bits per heavy atom. The fourth-order valence-electron chi connectivity index (χ4n) is 1.15. The van der Waals surface area contributed by atoms with E-state index in [9.17, 15) is 14.9 Å². The molecule has 0 radical (unpaired) electrons. The van der Waals surface area contributed by atoms with E-state index in [1.54, 1.807) is 0 Å². The molecule has 0 atom stereocenters. The number of hydrogen-bond acceptors (Lipinski definition) is 6. The van der Waals surface area contributed by atoms with Crippen molar-refractivity contribution < 1.29 is 19.2 Å². The normalized spacial score (nSPS) is 9.76. The maximum atomic E-state index is 11.2. The van der Waals surface area contributed by atoms with Gasteiger partial charge in [-0.2, -0.15) is 0 Å². The molecule has 0 aliphatic heterocycles. The van der Waals surface area contributed by atoms with Crippen molar-refractivity contribution in [1.82, 2.24) is 0 Å². The van der Waals surface area contributed by atoms with Crippen molar-refractivity contribution in [2.45, 2.75) is 6.42 Å². The SMILES string of the molecule is COc1ccc([N+](=O)[O-])cc1OC(=O)CCN. The van der Waals surface area contributed by atoms with Crippen molar-refractivity contribution in [3.05, 3.63) is 28.3 Å². The summed E-state index contributed by atoms with van der Waals surface area (Å²) in [6.45, 7) is 0.149. The van der Waals surface area contributed by atoms with Gasteiger partial charge < -0.3 is 15.2 Å². The van der Waals surface area contributed by atoms with Gasteiger partial charge in [-0.1, -0.05) is 0 Å². The highest BCUT2D eigenvalue weighted by atomic mass is 16.6. The van der Waals surface area contributed by atoms with Crippen LogP contribution in [0.2, 0.25) is 0 Å². The van der Waals surface area contributed by atoms with Gasteiger partial charge in [0.1, 0.15) is 0 Å². The second-order valence-electron chi connectivity index (χ2n) is 3.11. The molecular formula is C10H12N2O5. The monoisotopic (exact) mass is 240 g/mol. The van der Waals surface area contributed by atoms with Gasteiger partial charge in [0.25, 0.3) is 5.69 Å². The molecule has 0 saturated heterocycles. The lowest BCUT2D eigenvalue weighted by Crippen LogP contribution is -2.14. The molecule has 2 N–H and O–H groups in total. The van der Waals surface area contributed by atoms with Crippen molar-refractivity contribution in [2.24, 2.45) is 5.73 Å². The molecule has 0 bridgehead atoms. The lowest BCUT2D eigenvalue weighted by atomic mass is 10.3. The fourth-order valence-corrected chi connectivity index (χ4v) is 1.15. The van der Waals surface area contributed by atoms with Crippen LogP contribution in [0.25, 0.3) is 0 Å². The van der Waals surface area contributed by atoms with Gasteiger partial charge in [0.15, 0.2) is 11.5 Å². The Hall–Kier alpha value is -2.15. The topological polar surface area (TPSA) is 105 Å². The zero-order valence-electron chi connectivity index (χ0n) is 9.21. The minimum Gasteiger partial charge on any atom is -0.493 e. The smallest absolute Gasteiger partial charge is 0.312 e. The number of methoxy groups -OCH3 is 1. The summed E-state index contributed by atoms with van der Waals surface area (Å²) in [5.41, 5.74) is 5.01. The van der Waals surface area contributed by atoms with E-state index in [2.05, 4.69) is 0 Å². The van der Waals surface area contributed by atoms with Gasteiger partial charge in [-0.15, -0.1) is 0 Å². The number of nitrogens with two attached hydrogens (primary N) is 1. The van der Waals surface area contributed by atoms with Crippen LogP contribution < -0.4 is 15.2 Å². The van der Waals surface area contributed by atoms with E-state index in [-0.39, 0.29) is 30.2 Å². The highest BCUT2D eigenvalue weighted by Crippen LogP contribution is 2.31. The van der Waals surface area contributed by atoms with Gasteiger partial charge in [-0.25, -0.2) is 0 Å². The first kappa shape index (κ1) is 12.9. The van der Waals surface area contributed by atoms with Crippen LogP contribution in [0, 0.1) is 10.1 Å². The van der Waals surface area contributed by atoms with Crippen LogP contribution in [-0.4, -0.2) is 24.5 Å². The molecule has 0 aliphatic carbocycles. The first-order valence-corrected chi connectivity index (χ1v) is 4.81. The van der Waals surface area contributed by atoms with Crippen LogP contribution in [0.1, 0.15) is 6.42 Å². The Morgan fingerprint density at radius 1 is 1.47 bits per heavy atom. The van der Waals surface area contributed by atoms with Gasteiger partial charge in [0, 0.05) is 12.6 Å². The Balaban J connectivity index is 2.97. The highest BCUT2D eigenvalue weighted by molar-refractivity contribution is 5.73. The first-order chi connectivity index (χ1) is 8.08. The first-order valence-electron chi connectivity index (χ1n) is 4.81. The number of ether oxygens (including phenoxy) is 2. The van der Waals surface area contributed by atoms with Crippen molar-refractivity contribution in [1.29, 1.82) is 0 Å². The highest BCUT2D eigenvalue weighted by Gasteiger charge is 2.15. The van der Waals surface area contributed by atoms with Crippen LogP contribution in [-0.2, 0) is 4.79 Å². The standard InChI is InChI=1S/C10H12N2O5/c1-16-8-3-2-7(12(14)15)6-9(8)17-10(13)4-5-11/h2-3,6H,4-5,11H2,1H3. The number of nitrogens with zero attached hydrogens (tertiary/aromatic N) is 1. The summed E-state index contributed by atoms with van der Waals surface area (Å²) >= 11 is 0. The summed E-state index contributed by atoms with van der Waals surface area (Å²) in [5.74, 6) is -0.299. The van der Waals surface area contributed by atoms with Crippen LogP contribution in [0.15, 0.2) is 18.2 Å². The predicted molar refractivity (Wildman–Crippen MR) is 59.0 cm³/mol. The molecule has 0 spiro atoms. The molecule has 0 saturated carbocycles. The molecule has 0 aliphatic rings. The second-order valence-corrected chi connectivity index (χ2v) is 3.11. The van der Waals surface area contributed by atoms with Crippen molar-refractivity contribution in [3.63, 3.8) is 0 Å². The van der Waals surface area contributed by atoms with Gasteiger partial charge >= 0.3 is 5.97 Å². The molecule has 0 aromatic heterocycles. The van der Waals surface area contributed by atoms with Crippen molar-refractivity contribution >= 4 is 11.7 Å². The Morgan fingerprint density at radius 3 is 2.71 bits per heavy atom. The number of nitro benzene ring substituents is 1. The zero-order valence-corrected chi connectivity index (χ0v) is 9.21. The molecule has 1 aromatic carbocycles. The molecule has 17 heavy (non-hydrogen) atoms. The molecule has 7 nitrogen and oxygen atoms in total. The molecule has 0 fully saturated rings. The number of benzene rings is 1. The van der Waals surface area contributed by atoms with Crippen molar-refractivity contribution in [3.8, 4) is 11.5 Å². The van der Waals surface area contributed by atoms with E-state index in [1.807, 2.05) is 0 Å². The number of nitro groups is 1. The van der Waals surface area contributed by atoms with Crippen LogP contribution in [0.5, 0.6) is 11.5 Å². The van der Waals surface area contributed by atoms with E-state index >= 15 is 0 Å². The Kier molecular flexibility index (Phi) is 4.41. The quantitative estimate of drug-likeness (QED) is 0.354. The van der Waals surface area contributed by atoms with Crippen molar-refractivity contribution in [2.75, 3.05) is 13.7 Å². The molecule has 7 heteroatoms. The van der Waals surface area contributed by atoms with Crippen LogP contribution >= 0.6 is 0 Å². The third-order valence-electron chi connectivity index (χ3n) is 1.93. The van der Waals surface area contributed by atoms with Gasteiger partial charge in [0.05, 0.1) is 24.5 Å². The average molecular weight is 240 g/mol. The minimum absolute atomic E-state index is 0.0140. The fraction of sp³-hybridized carbons (Fsp3) is 0.300. The maximum absolute atomic E-state index is 11.2. The largest absolute Gasteiger partial charge is 0.493 e. The summed E-state index contributed by atoms with van der Waals surface area (Å²) in [6, 6.07) is 3.76. The van der Waals surface area contributed by atoms with Gasteiger partial charge in [0.2, 0.25) is 0 Å². The van der Waals surface area contributed by atoms with E-state index in [1.165, 1.54) is 19.2 Å². The molecule has 92 valence electrons. The molecule has 0 amide bonds. The molecule has 1 rings (SSSR count). The predicted octanol–water partition coefficient (Wildman–Crippen LogP) is 0.858. The zero-order chi connectivity index (χ0) is 12.8. The van der Waals surface area contributed by atoms with Gasteiger partial charge in [-0.3, -0.25) is 14.9 Å². The number of rotatable bonds is 5. The van der Waals surface area contributed by atoms with Crippen LogP contribution in [0.3, 0.4) is 0 Å². The molecule has 0 unspecified atom stereocenters. The molecular weight excluding hydrogens is 228 g/mol. The minimum atomic E-state index is -0.584. The molecule has 0 heterocycles. The van der Waals surface area contributed by atoms with Gasteiger partial charge in [-0.05, 0) is 6.07 Å². The van der Waals surface area contributed by atoms with E-state index in [0.29, 0.717) is 0 Å². The average Bonchev–Trinajstić information content (AvgIpc) is 2.29. The third kappa shape index (κ3) is 3.42. The maximum Gasteiger partial charge on any atom is 0.312 e. The molecule has 1 aromatic rings. The number of hydrogen-bond donors (Lipinski definition) is 1. The third-order valence-corrected chi connectivity index (χ3v) is 1.93. The number of carbonyl (C=O) groups excluding carboxylic acids is 1. The lowest BCUT2D eigenvalue weighted by molar-refractivity contribution is -0.384. The number of esters is 1. The van der Waals surface area contributed by atoms with E-state index in [0.717, 1.165) is 6.07 Å². The summed E-state index contributed by atoms with van der Waals surface area (Å²) in [4.78, 5) is 21.2. The summed E-state index contributed by atoms with van der Waals surface area (Å²) in [6.07, 6.45) is 0.0336.